The molecule has 0 bridgehead atoms. The zero-order valence-electron chi connectivity index (χ0n) is 23.1. The van der Waals surface area contributed by atoms with Gasteiger partial charge in [-0.05, 0) is 48.0 Å². The monoisotopic (exact) mass is 583 g/mol. The minimum Gasteiger partial charge on any atom is -0.478 e. The Morgan fingerprint density at radius 2 is 1.84 bits per heavy atom. The van der Waals surface area contributed by atoms with Crippen molar-refractivity contribution in [1.29, 1.82) is 5.26 Å². The van der Waals surface area contributed by atoms with Crippen molar-refractivity contribution in [2.75, 3.05) is 13.7 Å². The van der Waals surface area contributed by atoms with Gasteiger partial charge in [0.15, 0.2) is 0 Å². The molecule has 0 saturated carbocycles. The van der Waals surface area contributed by atoms with Gasteiger partial charge in [0.1, 0.15) is 24.1 Å². The SMILES string of the molecule is CO[C@H](CN)Cn1c(Cc2ccc(-c3cccc(OCc4ccc(C#N)cc4F)n3)cc2F)nc2ccc(C(=O)O)cc21. The molecule has 0 saturated heterocycles. The average Bonchev–Trinajstić information content (AvgIpc) is 3.35. The van der Waals surface area contributed by atoms with Crippen LogP contribution in [0.3, 0.4) is 0 Å². The number of benzene rings is 3. The third-order valence-corrected chi connectivity index (χ3v) is 7.04. The topological polar surface area (TPSA) is 136 Å². The molecule has 3 N–H and O–H groups in total. The molecule has 2 heterocycles. The van der Waals surface area contributed by atoms with Crippen molar-refractivity contribution >= 4 is 17.0 Å². The number of methoxy groups -OCH3 is 1. The molecule has 0 fully saturated rings. The summed E-state index contributed by atoms with van der Waals surface area (Å²) < 4.78 is 42.6. The summed E-state index contributed by atoms with van der Waals surface area (Å²) >= 11 is 0. The number of rotatable bonds is 11. The zero-order valence-corrected chi connectivity index (χ0v) is 23.1. The van der Waals surface area contributed by atoms with E-state index in [1.807, 2.05) is 10.6 Å². The molecule has 5 aromatic rings. The van der Waals surface area contributed by atoms with Gasteiger partial charge in [0.05, 0.1) is 46.6 Å². The Bertz CT molecular complexity index is 1850. The van der Waals surface area contributed by atoms with Crippen molar-refractivity contribution in [2.45, 2.75) is 25.7 Å². The summed E-state index contributed by atoms with van der Waals surface area (Å²) in [7, 11) is 1.54. The van der Waals surface area contributed by atoms with Gasteiger partial charge in [-0.15, -0.1) is 0 Å². The van der Waals surface area contributed by atoms with Gasteiger partial charge in [-0.1, -0.05) is 24.3 Å². The third-order valence-electron chi connectivity index (χ3n) is 7.04. The Hall–Kier alpha value is -5.18. The number of ether oxygens (including phenoxy) is 2. The van der Waals surface area contributed by atoms with Crippen LogP contribution in [-0.4, -0.2) is 45.4 Å². The van der Waals surface area contributed by atoms with Crippen LogP contribution in [0.15, 0.2) is 72.8 Å². The number of fused-ring (bicyclic) bond motifs is 1. The van der Waals surface area contributed by atoms with Crippen LogP contribution >= 0.6 is 0 Å². The van der Waals surface area contributed by atoms with Crippen LogP contribution in [0, 0.1) is 23.0 Å². The van der Waals surface area contributed by atoms with Crippen LogP contribution in [0.2, 0.25) is 0 Å². The van der Waals surface area contributed by atoms with E-state index in [0.29, 0.717) is 40.2 Å². The number of carboxylic acids is 1. The fourth-order valence-corrected chi connectivity index (χ4v) is 4.66. The van der Waals surface area contributed by atoms with Gasteiger partial charge >= 0.3 is 5.97 Å². The Balaban J connectivity index is 1.39. The summed E-state index contributed by atoms with van der Waals surface area (Å²) in [5, 5.41) is 18.4. The molecule has 11 heteroatoms. The lowest BCUT2D eigenvalue weighted by molar-refractivity contribution is 0.0697. The predicted molar refractivity (Wildman–Crippen MR) is 154 cm³/mol. The summed E-state index contributed by atoms with van der Waals surface area (Å²) in [4.78, 5) is 20.7. The molecule has 43 heavy (non-hydrogen) atoms. The molecular weight excluding hydrogens is 556 g/mol. The van der Waals surface area contributed by atoms with Crippen molar-refractivity contribution in [2.24, 2.45) is 5.73 Å². The molecular formula is C32H27F2N5O4. The second-order valence-corrected chi connectivity index (χ2v) is 9.79. The van der Waals surface area contributed by atoms with Crippen molar-refractivity contribution in [3.63, 3.8) is 0 Å². The van der Waals surface area contributed by atoms with Crippen molar-refractivity contribution < 1.29 is 28.2 Å². The Morgan fingerprint density at radius 3 is 2.53 bits per heavy atom. The highest BCUT2D eigenvalue weighted by molar-refractivity contribution is 5.92. The molecule has 0 unspecified atom stereocenters. The van der Waals surface area contributed by atoms with Gasteiger partial charge in [-0.3, -0.25) is 0 Å². The molecule has 218 valence electrons. The number of nitrogens with two attached hydrogens (primary N) is 1. The lowest BCUT2D eigenvalue weighted by Crippen LogP contribution is -2.28. The van der Waals surface area contributed by atoms with Gasteiger partial charge in [0.2, 0.25) is 5.88 Å². The Morgan fingerprint density at radius 1 is 1.05 bits per heavy atom. The summed E-state index contributed by atoms with van der Waals surface area (Å²) in [6, 6.07) is 20.4. The lowest BCUT2D eigenvalue weighted by atomic mass is 10.1. The molecule has 0 radical (unpaired) electrons. The van der Waals surface area contributed by atoms with E-state index in [1.54, 1.807) is 36.4 Å². The van der Waals surface area contributed by atoms with E-state index in [4.69, 9.17) is 20.5 Å². The second-order valence-electron chi connectivity index (χ2n) is 9.79. The molecule has 0 aliphatic carbocycles. The van der Waals surface area contributed by atoms with Crippen molar-refractivity contribution in [3.05, 3.63) is 113 Å². The summed E-state index contributed by atoms with van der Waals surface area (Å²) in [6.07, 6.45) is -0.220. The maximum atomic E-state index is 15.5. The number of carbonyl (C=O) groups is 1. The van der Waals surface area contributed by atoms with Crippen LogP contribution in [0.5, 0.6) is 5.88 Å². The van der Waals surface area contributed by atoms with Gasteiger partial charge in [0.25, 0.3) is 0 Å². The molecule has 0 aliphatic rings. The van der Waals surface area contributed by atoms with Crippen LogP contribution in [0.25, 0.3) is 22.3 Å². The minimum atomic E-state index is -1.07. The molecule has 1 atom stereocenters. The first kappa shape index (κ1) is 29.3. The van der Waals surface area contributed by atoms with E-state index >= 15 is 4.39 Å². The molecule has 0 aliphatic heterocycles. The van der Waals surface area contributed by atoms with E-state index in [1.165, 1.54) is 37.4 Å². The van der Waals surface area contributed by atoms with Crippen LogP contribution < -0.4 is 10.5 Å². The number of pyridine rings is 1. The minimum absolute atomic E-state index is 0.0929. The van der Waals surface area contributed by atoms with E-state index in [2.05, 4.69) is 9.97 Å². The smallest absolute Gasteiger partial charge is 0.335 e. The van der Waals surface area contributed by atoms with Gasteiger partial charge in [-0.2, -0.15) is 5.26 Å². The molecule has 0 spiro atoms. The molecule has 0 amide bonds. The number of nitrogens with zero attached hydrogens (tertiary/aromatic N) is 4. The number of hydrogen-bond donors (Lipinski definition) is 2. The number of hydrogen-bond acceptors (Lipinski definition) is 7. The Kier molecular flexibility index (Phi) is 8.71. The number of aromatic nitrogens is 3. The molecule has 5 rings (SSSR count). The van der Waals surface area contributed by atoms with E-state index in [0.717, 1.165) is 6.07 Å². The quantitative estimate of drug-likeness (QED) is 0.220. The van der Waals surface area contributed by atoms with Gasteiger partial charge < -0.3 is 24.9 Å². The number of halogens is 2. The summed E-state index contributed by atoms with van der Waals surface area (Å²) in [5.41, 5.74) is 8.95. The fourth-order valence-electron chi connectivity index (χ4n) is 4.66. The normalized spacial score (nSPS) is 11.8. The first-order valence-electron chi connectivity index (χ1n) is 13.3. The van der Waals surface area contributed by atoms with Crippen LogP contribution in [0.4, 0.5) is 8.78 Å². The number of imidazole rings is 1. The predicted octanol–water partition coefficient (Wildman–Crippen LogP) is 5.09. The summed E-state index contributed by atoms with van der Waals surface area (Å²) in [6.45, 7) is 0.449. The average molecular weight is 584 g/mol. The van der Waals surface area contributed by atoms with E-state index in [9.17, 15) is 14.3 Å². The van der Waals surface area contributed by atoms with E-state index < -0.39 is 17.6 Å². The highest BCUT2D eigenvalue weighted by Crippen LogP contribution is 2.26. The van der Waals surface area contributed by atoms with Crippen molar-refractivity contribution in [1.82, 2.24) is 14.5 Å². The van der Waals surface area contributed by atoms with Crippen LogP contribution in [-0.2, 0) is 24.3 Å². The number of aromatic carboxylic acids is 1. The highest BCUT2D eigenvalue weighted by Gasteiger charge is 2.19. The Labute approximate surface area is 245 Å². The van der Waals surface area contributed by atoms with Crippen molar-refractivity contribution in [3.8, 4) is 23.2 Å². The van der Waals surface area contributed by atoms with E-state index in [-0.39, 0.29) is 48.2 Å². The maximum absolute atomic E-state index is 15.5. The highest BCUT2D eigenvalue weighted by atomic mass is 19.1. The molecule has 2 aromatic heterocycles. The second kappa shape index (κ2) is 12.8. The van der Waals surface area contributed by atoms with Crippen LogP contribution in [0.1, 0.15) is 32.9 Å². The molecule has 9 nitrogen and oxygen atoms in total. The lowest BCUT2D eigenvalue weighted by Gasteiger charge is -2.17. The zero-order chi connectivity index (χ0) is 30.5. The standard InChI is InChI=1S/C32H27F2N5O4/c1-42-24(16-36)17-39-29-13-22(32(40)41)9-10-28(29)37-30(39)14-20-7-8-21(12-26(20)34)27-3-2-4-31(38-27)43-18-23-6-5-19(15-35)11-25(23)33/h2-13,24H,14,16-18,36H2,1H3,(H,40,41)/t24-/m1/s1. The number of carboxylic acid groups (broad SMARTS) is 1. The van der Waals surface area contributed by atoms with Gasteiger partial charge in [0, 0.05) is 37.3 Å². The third kappa shape index (κ3) is 6.51. The van der Waals surface area contributed by atoms with Gasteiger partial charge in [-0.25, -0.2) is 23.5 Å². The largest absolute Gasteiger partial charge is 0.478 e. The first-order valence-corrected chi connectivity index (χ1v) is 13.3. The first-order chi connectivity index (χ1) is 20.8. The summed E-state index contributed by atoms with van der Waals surface area (Å²) in [5.74, 6) is -1.33. The fraction of sp³-hybridized carbons (Fsp3) is 0.188. The molecule has 3 aromatic carbocycles. The number of nitriles is 1. The maximum Gasteiger partial charge on any atom is 0.335 e.